The van der Waals surface area contributed by atoms with Crippen LogP contribution in [0.15, 0.2) is 110 Å². The van der Waals surface area contributed by atoms with Gasteiger partial charge in [0.1, 0.15) is 0 Å². The number of hydrogen-bond donors (Lipinski definition) is 2. The number of anilines is 4. The molecule has 1 aliphatic rings. The Hall–Kier alpha value is -5.81. The molecule has 238 valence electrons. The van der Waals surface area contributed by atoms with E-state index in [0.29, 0.717) is 50.0 Å². The van der Waals surface area contributed by atoms with E-state index >= 15 is 0 Å². The second kappa shape index (κ2) is 15.0. The molecule has 47 heavy (non-hydrogen) atoms. The number of ether oxygens (including phenoxy) is 2. The van der Waals surface area contributed by atoms with E-state index in [9.17, 15) is 9.59 Å². The van der Waals surface area contributed by atoms with E-state index in [2.05, 4.69) is 30.5 Å². The summed E-state index contributed by atoms with van der Waals surface area (Å²) in [6, 6.07) is 28.5. The quantitative estimate of drug-likeness (QED) is 0.136. The van der Waals surface area contributed by atoms with Crippen LogP contribution in [0.25, 0.3) is 11.3 Å². The molecular weight excluding hydrogens is 594 g/mol. The number of piperazine rings is 1. The topological polar surface area (TPSA) is 122 Å². The highest BCUT2D eigenvalue weighted by atomic mass is 16.7. The van der Waals surface area contributed by atoms with Crippen molar-refractivity contribution in [2.24, 2.45) is 0 Å². The lowest BCUT2D eigenvalue weighted by Gasteiger charge is -2.35. The predicted molar refractivity (Wildman–Crippen MR) is 180 cm³/mol. The molecule has 5 aromatic rings. The lowest BCUT2D eigenvalue weighted by molar-refractivity contribution is -0.0356. The summed E-state index contributed by atoms with van der Waals surface area (Å²) < 4.78 is 10.8. The third-order valence-corrected chi connectivity index (χ3v) is 7.76. The molecule has 6 rings (SSSR count). The molecule has 2 aromatic heterocycles. The maximum absolute atomic E-state index is 13.1. The highest BCUT2D eigenvalue weighted by Crippen LogP contribution is 2.25. The van der Waals surface area contributed by atoms with Crippen LogP contribution in [0.4, 0.5) is 27.8 Å². The largest absolute Gasteiger partial charge is 0.422 e. The van der Waals surface area contributed by atoms with Crippen molar-refractivity contribution in [1.82, 2.24) is 19.9 Å². The molecular formula is C36H35N7O4. The van der Waals surface area contributed by atoms with Crippen LogP contribution >= 0.6 is 0 Å². The zero-order chi connectivity index (χ0) is 32.4. The average molecular weight is 630 g/mol. The molecule has 11 heteroatoms. The normalized spacial score (nSPS) is 12.8. The van der Waals surface area contributed by atoms with Crippen LogP contribution in [-0.4, -0.2) is 64.8 Å². The Morgan fingerprint density at radius 3 is 2.45 bits per heavy atom. The van der Waals surface area contributed by atoms with Gasteiger partial charge in [0.05, 0.1) is 12.3 Å². The number of carbonyl (C=O) groups is 2. The van der Waals surface area contributed by atoms with Crippen LogP contribution in [0.1, 0.15) is 21.5 Å². The number of nitrogens with zero attached hydrogens (tertiary/aromatic N) is 5. The predicted octanol–water partition coefficient (Wildman–Crippen LogP) is 6.28. The molecule has 3 heterocycles. The van der Waals surface area contributed by atoms with Crippen molar-refractivity contribution in [2.75, 3.05) is 48.5 Å². The van der Waals surface area contributed by atoms with Crippen molar-refractivity contribution in [3.63, 3.8) is 0 Å². The zero-order valence-electron chi connectivity index (χ0n) is 26.0. The Bertz CT molecular complexity index is 1800. The fraction of sp³-hybridized carbons (Fsp3) is 0.194. The Balaban J connectivity index is 0.988. The smallest absolute Gasteiger partial charge is 0.412 e. The number of nitrogens with one attached hydrogen (secondary N) is 2. The lowest BCUT2D eigenvalue weighted by atomic mass is 10.1. The number of amides is 2. The first-order valence-corrected chi connectivity index (χ1v) is 15.3. The zero-order valence-corrected chi connectivity index (χ0v) is 26.0. The molecule has 0 spiro atoms. The Morgan fingerprint density at radius 2 is 1.68 bits per heavy atom. The third kappa shape index (κ3) is 8.27. The maximum atomic E-state index is 13.1. The summed E-state index contributed by atoms with van der Waals surface area (Å²) in [7, 11) is 0. The fourth-order valence-corrected chi connectivity index (χ4v) is 5.14. The summed E-state index contributed by atoms with van der Waals surface area (Å²) in [5.74, 6) is 0.224. The van der Waals surface area contributed by atoms with Crippen molar-refractivity contribution in [1.29, 1.82) is 0 Å². The standard InChI is InChI=1S/C36H35N7O4/c1-26-9-12-30(22-33(26)41-35-38-17-15-32(40-35)29-8-5-16-37-23-29)39-34(44)28-10-13-31(14-11-28)42-18-20-43(21-19-42)36(45)47-25-46-24-27-6-3-2-4-7-27/h2-17,22-23H,18-21,24-25H2,1H3,(H,39,44)(H,38,40,41). The first-order chi connectivity index (χ1) is 23.0. The molecule has 3 aromatic carbocycles. The van der Waals surface area contributed by atoms with Gasteiger partial charge in [-0.2, -0.15) is 0 Å². The fourth-order valence-electron chi connectivity index (χ4n) is 5.14. The van der Waals surface area contributed by atoms with Crippen molar-refractivity contribution in [2.45, 2.75) is 13.5 Å². The first kappa shape index (κ1) is 31.2. The van der Waals surface area contributed by atoms with Crippen LogP contribution in [0, 0.1) is 6.92 Å². The molecule has 0 atom stereocenters. The van der Waals surface area contributed by atoms with E-state index in [4.69, 9.17) is 9.47 Å². The minimum Gasteiger partial charge on any atom is -0.422 e. The maximum Gasteiger partial charge on any atom is 0.412 e. The van der Waals surface area contributed by atoms with Crippen LogP contribution in [-0.2, 0) is 16.1 Å². The summed E-state index contributed by atoms with van der Waals surface area (Å²) >= 11 is 0. The molecule has 0 radical (unpaired) electrons. The minimum absolute atomic E-state index is 0.0903. The number of hydrogen-bond acceptors (Lipinski definition) is 9. The van der Waals surface area contributed by atoms with Crippen molar-refractivity contribution in [3.05, 3.63) is 126 Å². The first-order valence-electron chi connectivity index (χ1n) is 15.3. The summed E-state index contributed by atoms with van der Waals surface area (Å²) in [6.07, 6.45) is 4.78. The molecule has 0 saturated carbocycles. The molecule has 1 fully saturated rings. The highest BCUT2D eigenvalue weighted by molar-refractivity contribution is 6.04. The Labute approximate surface area is 273 Å². The van der Waals surface area contributed by atoms with E-state index in [0.717, 1.165) is 33.8 Å². The molecule has 0 unspecified atom stereocenters. The number of aryl methyl sites for hydroxylation is 1. The van der Waals surface area contributed by atoms with E-state index in [1.807, 2.05) is 85.8 Å². The van der Waals surface area contributed by atoms with Gasteiger partial charge in [0, 0.05) is 73.0 Å². The lowest BCUT2D eigenvalue weighted by Crippen LogP contribution is -2.49. The van der Waals surface area contributed by atoms with Gasteiger partial charge in [0.25, 0.3) is 5.91 Å². The molecule has 11 nitrogen and oxygen atoms in total. The summed E-state index contributed by atoms with van der Waals surface area (Å²) in [6.45, 7) is 4.64. The molecule has 0 aliphatic carbocycles. The van der Waals surface area contributed by atoms with Gasteiger partial charge in [0.2, 0.25) is 5.95 Å². The van der Waals surface area contributed by atoms with Gasteiger partial charge in [-0.25, -0.2) is 14.8 Å². The van der Waals surface area contributed by atoms with E-state index in [1.54, 1.807) is 35.6 Å². The second-order valence-corrected chi connectivity index (χ2v) is 11.0. The van der Waals surface area contributed by atoms with E-state index < -0.39 is 0 Å². The van der Waals surface area contributed by atoms with Gasteiger partial charge in [0.15, 0.2) is 6.79 Å². The summed E-state index contributed by atoms with van der Waals surface area (Å²) in [4.78, 5) is 42.6. The van der Waals surface area contributed by atoms with Crippen molar-refractivity contribution < 1.29 is 19.1 Å². The van der Waals surface area contributed by atoms with Crippen LogP contribution in [0.3, 0.4) is 0 Å². The number of benzene rings is 3. The Morgan fingerprint density at radius 1 is 0.872 bits per heavy atom. The van der Waals surface area contributed by atoms with Gasteiger partial charge in [-0.05, 0) is 72.6 Å². The third-order valence-electron chi connectivity index (χ3n) is 7.76. The SMILES string of the molecule is Cc1ccc(NC(=O)c2ccc(N3CCN(C(=O)OCOCc4ccccc4)CC3)cc2)cc1Nc1nccc(-c2cccnc2)n1. The van der Waals surface area contributed by atoms with Crippen LogP contribution in [0.5, 0.6) is 0 Å². The van der Waals surface area contributed by atoms with Crippen LogP contribution < -0.4 is 15.5 Å². The van der Waals surface area contributed by atoms with Crippen molar-refractivity contribution in [3.8, 4) is 11.3 Å². The number of carbonyl (C=O) groups excluding carboxylic acids is 2. The van der Waals surface area contributed by atoms with Gasteiger partial charge in [-0.15, -0.1) is 0 Å². The number of aromatic nitrogens is 3. The Kier molecular flexibility index (Phi) is 9.94. The van der Waals surface area contributed by atoms with Gasteiger partial charge in [-0.1, -0.05) is 36.4 Å². The number of rotatable bonds is 10. The molecule has 0 bridgehead atoms. The summed E-state index contributed by atoms with van der Waals surface area (Å²) in [5.41, 5.74) is 6.59. The van der Waals surface area contributed by atoms with E-state index in [1.165, 1.54) is 0 Å². The summed E-state index contributed by atoms with van der Waals surface area (Å²) in [5, 5.41) is 6.26. The minimum atomic E-state index is -0.384. The molecule has 1 saturated heterocycles. The van der Waals surface area contributed by atoms with Crippen molar-refractivity contribution >= 4 is 35.0 Å². The molecule has 1 aliphatic heterocycles. The highest BCUT2D eigenvalue weighted by Gasteiger charge is 2.22. The molecule has 2 amide bonds. The number of pyridine rings is 1. The van der Waals surface area contributed by atoms with Gasteiger partial charge in [-0.3, -0.25) is 9.78 Å². The monoisotopic (exact) mass is 629 g/mol. The second-order valence-electron chi connectivity index (χ2n) is 11.0. The van der Waals surface area contributed by atoms with Gasteiger partial charge >= 0.3 is 6.09 Å². The van der Waals surface area contributed by atoms with E-state index in [-0.39, 0.29) is 18.8 Å². The average Bonchev–Trinajstić information content (AvgIpc) is 3.12. The van der Waals surface area contributed by atoms with Crippen LogP contribution in [0.2, 0.25) is 0 Å². The van der Waals surface area contributed by atoms with Gasteiger partial charge < -0.3 is 29.9 Å². The molecule has 2 N–H and O–H groups in total.